The van der Waals surface area contributed by atoms with Crippen molar-refractivity contribution in [3.8, 4) is 0 Å². The van der Waals surface area contributed by atoms with E-state index in [1.54, 1.807) is 6.92 Å². The Bertz CT molecular complexity index is 1350. The molecule has 9 nitrogen and oxygen atoms in total. The Morgan fingerprint density at radius 3 is 2.22 bits per heavy atom. The summed E-state index contributed by atoms with van der Waals surface area (Å²) in [5.41, 5.74) is -2.90. The molecule has 1 aliphatic heterocycles. The number of likely N-dealkylation sites (tertiary alicyclic amines) is 1. The number of nitrogens with one attached hydrogen (secondary N) is 1. The average molecular weight is 652 g/mol. The topological polar surface area (TPSA) is 108 Å². The number of ether oxygens (including phenoxy) is 2. The van der Waals surface area contributed by atoms with E-state index in [1.807, 2.05) is 0 Å². The molecular weight excluding hydrogens is 619 g/mol. The van der Waals surface area contributed by atoms with Gasteiger partial charge in [-0.25, -0.2) is 14.0 Å². The second kappa shape index (κ2) is 14.3. The number of carbonyl (C=O) groups is 3. The highest BCUT2D eigenvalue weighted by Crippen LogP contribution is 2.40. The molecule has 0 radical (unpaired) electrons. The van der Waals surface area contributed by atoms with Crippen LogP contribution in [0.15, 0.2) is 36.4 Å². The van der Waals surface area contributed by atoms with Crippen molar-refractivity contribution >= 4 is 18.1 Å². The third-order valence-corrected chi connectivity index (χ3v) is 7.28. The van der Waals surface area contributed by atoms with Crippen molar-refractivity contribution in [3.63, 3.8) is 0 Å². The molecule has 1 fully saturated rings. The van der Waals surface area contributed by atoms with Gasteiger partial charge in [0.2, 0.25) is 0 Å². The summed E-state index contributed by atoms with van der Waals surface area (Å²) >= 11 is 0. The first kappa shape index (κ1) is 35.4. The molecule has 2 N–H and O–H groups in total. The fraction of sp³-hybridized carbons (Fsp3) is 0.483. The summed E-state index contributed by atoms with van der Waals surface area (Å²) in [4.78, 5) is 39.1. The number of halogens is 7. The maximum atomic E-state index is 13.9. The number of aliphatic hydroxyl groups excluding tert-OH is 1. The van der Waals surface area contributed by atoms with E-state index in [2.05, 4.69) is 5.32 Å². The van der Waals surface area contributed by atoms with Crippen LogP contribution in [0.2, 0.25) is 0 Å². The normalized spacial score (nSPS) is 17.8. The van der Waals surface area contributed by atoms with E-state index in [4.69, 9.17) is 9.47 Å². The minimum Gasteiger partial charge on any atom is -0.464 e. The van der Waals surface area contributed by atoms with Crippen molar-refractivity contribution in [2.24, 2.45) is 0 Å². The Morgan fingerprint density at radius 1 is 1.07 bits per heavy atom. The lowest BCUT2D eigenvalue weighted by Crippen LogP contribution is -2.50. The van der Waals surface area contributed by atoms with Gasteiger partial charge in [0.1, 0.15) is 18.5 Å². The first-order chi connectivity index (χ1) is 20.9. The molecule has 0 bridgehead atoms. The van der Waals surface area contributed by atoms with Crippen molar-refractivity contribution < 1.29 is 59.7 Å². The van der Waals surface area contributed by atoms with E-state index in [0.717, 1.165) is 18.0 Å². The number of esters is 1. The van der Waals surface area contributed by atoms with Crippen LogP contribution in [-0.2, 0) is 26.6 Å². The smallest absolute Gasteiger partial charge is 0.416 e. The first-order valence-corrected chi connectivity index (χ1v) is 13.7. The van der Waals surface area contributed by atoms with E-state index in [-0.39, 0.29) is 38.6 Å². The number of carbonyl (C=O) groups excluding carboxylic acids is 3. The number of nitrogens with zero attached hydrogens (tertiary/aromatic N) is 2. The minimum absolute atomic E-state index is 0.00892. The van der Waals surface area contributed by atoms with Crippen molar-refractivity contribution in [1.82, 2.24) is 15.1 Å². The number of hydrogen-bond donors (Lipinski definition) is 2. The van der Waals surface area contributed by atoms with Gasteiger partial charge in [0.15, 0.2) is 0 Å². The monoisotopic (exact) mass is 651 g/mol. The van der Waals surface area contributed by atoms with Gasteiger partial charge in [0.05, 0.1) is 36.4 Å². The fourth-order valence-corrected chi connectivity index (χ4v) is 5.08. The summed E-state index contributed by atoms with van der Waals surface area (Å²) in [5.74, 6) is -1.10. The molecule has 3 rings (SSSR count). The molecule has 45 heavy (non-hydrogen) atoms. The molecular formula is C29H32F7N3O6. The van der Waals surface area contributed by atoms with E-state index in [0.29, 0.717) is 23.3 Å². The quantitative estimate of drug-likeness (QED) is 0.214. The fourth-order valence-electron chi connectivity index (χ4n) is 5.08. The third-order valence-electron chi connectivity index (χ3n) is 7.28. The van der Waals surface area contributed by atoms with Gasteiger partial charge in [0, 0.05) is 33.4 Å². The number of hydrogen-bond acceptors (Lipinski definition) is 6. The maximum Gasteiger partial charge on any atom is 0.416 e. The molecule has 2 aromatic rings. The molecule has 0 unspecified atom stereocenters. The van der Waals surface area contributed by atoms with Crippen LogP contribution < -0.4 is 5.32 Å². The molecule has 3 amide bonds. The second-order valence-electron chi connectivity index (χ2n) is 10.5. The molecule has 0 aromatic heterocycles. The summed E-state index contributed by atoms with van der Waals surface area (Å²) < 4.78 is 105. The van der Waals surface area contributed by atoms with Crippen molar-refractivity contribution in [2.45, 2.75) is 57.2 Å². The lowest BCUT2D eigenvalue weighted by atomic mass is 9.90. The van der Waals surface area contributed by atoms with Crippen LogP contribution in [-0.4, -0.2) is 72.5 Å². The number of alkyl halides is 6. The standard InChI is InChI=1S/C29H32F7N3O6/c1-16-10-21(30)4-5-23(16)24-14-22(45-26(42)37-7-9-44-17(2)41)6-8-39(24)27(43)38(3)25(15-40)18-11-19(28(31,32)33)13-20(12-18)29(34,35)36/h4-5,10-13,22,24-25,40H,6-9,14-15H2,1-3H3,(H,37,42)/t22-,24+,25-/m0/s1. The highest BCUT2D eigenvalue weighted by atomic mass is 19.4. The maximum absolute atomic E-state index is 13.9. The SMILES string of the molecule is CC(=O)OCCNC(=O)O[C@H]1CCN(C(=O)N(C)[C@@H](CO)c2cc(C(F)(F)F)cc(C(F)(F)F)c2)[C@@H](c2ccc(F)cc2C)C1. The van der Waals surface area contributed by atoms with Crippen LogP contribution in [0.4, 0.5) is 40.3 Å². The van der Waals surface area contributed by atoms with E-state index < -0.39 is 77.7 Å². The molecule has 0 aliphatic carbocycles. The predicted molar refractivity (Wildman–Crippen MR) is 144 cm³/mol. The van der Waals surface area contributed by atoms with Gasteiger partial charge in [-0.05, 0) is 53.9 Å². The zero-order valence-corrected chi connectivity index (χ0v) is 24.5. The van der Waals surface area contributed by atoms with Crippen LogP contribution in [0, 0.1) is 12.7 Å². The zero-order chi connectivity index (χ0) is 33.7. The lowest BCUT2D eigenvalue weighted by Gasteiger charge is -2.42. The molecule has 3 atom stereocenters. The van der Waals surface area contributed by atoms with Gasteiger partial charge < -0.3 is 29.7 Å². The Kier molecular flexibility index (Phi) is 11.3. The average Bonchev–Trinajstić information content (AvgIpc) is 2.94. The van der Waals surface area contributed by atoms with Crippen molar-refractivity contribution in [2.75, 3.05) is 33.4 Å². The summed E-state index contributed by atoms with van der Waals surface area (Å²) in [5, 5.41) is 12.5. The van der Waals surface area contributed by atoms with Gasteiger partial charge in [-0.1, -0.05) is 6.07 Å². The van der Waals surface area contributed by atoms with Crippen LogP contribution in [0.1, 0.15) is 59.7 Å². The minimum atomic E-state index is -5.14. The van der Waals surface area contributed by atoms with E-state index in [1.165, 1.54) is 24.0 Å². The van der Waals surface area contributed by atoms with Crippen molar-refractivity contribution in [3.05, 3.63) is 70.0 Å². The highest BCUT2D eigenvalue weighted by Gasteiger charge is 2.40. The Balaban J connectivity index is 1.90. The molecule has 16 heteroatoms. The molecule has 1 saturated heterocycles. The van der Waals surface area contributed by atoms with Gasteiger partial charge in [-0.15, -0.1) is 0 Å². The zero-order valence-electron chi connectivity index (χ0n) is 24.5. The Labute approximate surface area is 253 Å². The summed E-state index contributed by atoms with van der Waals surface area (Å²) in [7, 11) is 1.13. The molecule has 248 valence electrons. The number of urea groups is 1. The van der Waals surface area contributed by atoms with Gasteiger partial charge >= 0.3 is 30.4 Å². The van der Waals surface area contributed by atoms with E-state index >= 15 is 0 Å². The summed E-state index contributed by atoms with van der Waals surface area (Å²) in [6, 6.07) is 1.31. The number of likely N-dealkylation sites (N-methyl/N-ethyl adjacent to an activating group) is 1. The number of rotatable bonds is 8. The lowest BCUT2D eigenvalue weighted by molar-refractivity contribution is -0.143. The van der Waals surface area contributed by atoms with Crippen molar-refractivity contribution in [1.29, 1.82) is 0 Å². The van der Waals surface area contributed by atoms with Crippen LogP contribution in [0.5, 0.6) is 0 Å². The molecule has 2 aromatic carbocycles. The number of piperidine rings is 1. The van der Waals surface area contributed by atoms with Gasteiger partial charge in [-0.3, -0.25) is 4.79 Å². The second-order valence-corrected chi connectivity index (χ2v) is 10.5. The number of aryl methyl sites for hydroxylation is 1. The molecule has 1 heterocycles. The van der Waals surface area contributed by atoms with E-state index in [9.17, 15) is 50.2 Å². The first-order valence-electron chi connectivity index (χ1n) is 13.7. The Hall–Kier alpha value is -4.08. The predicted octanol–water partition coefficient (Wildman–Crippen LogP) is 5.75. The summed E-state index contributed by atoms with van der Waals surface area (Å²) in [6.45, 7) is 1.57. The van der Waals surface area contributed by atoms with Crippen LogP contribution in [0.3, 0.4) is 0 Å². The molecule has 0 saturated carbocycles. The van der Waals surface area contributed by atoms with Gasteiger partial charge in [0.25, 0.3) is 0 Å². The number of amides is 3. The molecule has 1 aliphatic rings. The number of benzene rings is 2. The summed E-state index contributed by atoms with van der Waals surface area (Å²) in [6.07, 6.45) is -11.8. The number of aliphatic hydroxyl groups is 1. The molecule has 0 spiro atoms. The largest absolute Gasteiger partial charge is 0.464 e. The highest BCUT2D eigenvalue weighted by molar-refractivity contribution is 5.76. The van der Waals surface area contributed by atoms with Crippen LogP contribution in [0.25, 0.3) is 0 Å². The van der Waals surface area contributed by atoms with Gasteiger partial charge in [-0.2, -0.15) is 26.3 Å². The van der Waals surface area contributed by atoms with Crippen LogP contribution >= 0.6 is 0 Å². The third kappa shape index (κ3) is 9.22. The number of alkyl carbamates (subject to hydrolysis) is 1. The Morgan fingerprint density at radius 2 is 1.69 bits per heavy atom.